The van der Waals surface area contributed by atoms with Gasteiger partial charge in [0.1, 0.15) is 0 Å². The highest BCUT2D eigenvalue weighted by molar-refractivity contribution is 9.10. The molecule has 1 aromatic carbocycles. The maximum absolute atomic E-state index is 5.63. The molecule has 0 saturated carbocycles. The molecule has 0 aliphatic heterocycles. The SMILES string of the molecule is Cc1ccc(Br)cc1-c1nc(N)[nH]c1C. The van der Waals surface area contributed by atoms with Gasteiger partial charge in [0.25, 0.3) is 0 Å². The maximum Gasteiger partial charge on any atom is 0.198 e. The molecule has 0 saturated heterocycles. The number of H-pyrrole nitrogens is 1. The summed E-state index contributed by atoms with van der Waals surface area (Å²) in [4.78, 5) is 7.29. The zero-order chi connectivity index (χ0) is 11.0. The minimum absolute atomic E-state index is 0.460. The minimum atomic E-state index is 0.460. The molecule has 0 aliphatic carbocycles. The summed E-state index contributed by atoms with van der Waals surface area (Å²) in [7, 11) is 0. The summed E-state index contributed by atoms with van der Waals surface area (Å²) < 4.78 is 1.05. The Balaban J connectivity index is 2.62. The molecule has 3 N–H and O–H groups in total. The predicted octanol–water partition coefficient (Wildman–Crippen LogP) is 3.04. The van der Waals surface area contributed by atoms with Gasteiger partial charge in [0.15, 0.2) is 5.95 Å². The first-order valence-electron chi connectivity index (χ1n) is 4.66. The Morgan fingerprint density at radius 1 is 1.33 bits per heavy atom. The summed E-state index contributed by atoms with van der Waals surface area (Å²) in [5.41, 5.74) is 9.84. The van der Waals surface area contributed by atoms with Crippen LogP contribution in [0.4, 0.5) is 5.95 Å². The van der Waals surface area contributed by atoms with Gasteiger partial charge in [-0.05, 0) is 31.5 Å². The molecule has 0 aliphatic rings. The zero-order valence-corrected chi connectivity index (χ0v) is 10.2. The first-order valence-corrected chi connectivity index (χ1v) is 5.46. The van der Waals surface area contributed by atoms with Crippen molar-refractivity contribution in [3.05, 3.63) is 33.9 Å². The van der Waals surface area contributed by atoms with Crippen molar-refractivity contribution < 1.29 is 0 Å². The average molecular weight is 266 g/mol. The van der Waals surface area contributed by atoms with Crippen molar-refractivity contribution in [2.24, 2.45) is 0 Å². The number of nitrogens with two attached hydrogens (primary N) is 1. The number of halogens is 1. The van der Waals surface area contributed by atoms with Crippen LogP contribution in [0.2, 0.25) is 0 Å². The summed E-state index contributed by atoms with van der Waals surface area (Å²) in [6.45, 7) is 4.03. The van der Waals surface area contributed by atoms with Gasteiger partial charge in [-0.25, -0.2) is 4.98 Å². The Morgan fingerprint density at radius 2 is 2.07 bits per heavy atom. The van der Waals surface area contributed by atoms with Gasteiger partial charge < -0.3 is 10.7 Å². The Hall–Kier alpha value is -1.29. The molecule has 1 aromatic heterocycles. The van der Waals surface area contributed by atoms with E-state index in [1.165, 1.54) is 5.56 Å². The van der Waals surface area contributed by atoms with E-state index in [9.17, 15) is 0 Å². The Bertz CT molecular complexity index is 503. The number of aromatic nitrogens is 2. The van der Waals surface area contributed by atoms with E-state index in [4.69, 9.17) is 5.73 Å². The van der Waals surface area contributed by atoms with Crippen LogP contribution in [-0.4, -0.2) is 9.97 Å². The van der Waals surface area contributed by atoms with Crippen LogP contribution in [0, 0.1) is 13.8 Å². The second-order valence-corrected chi connectivity index (χ2v) is 4.47. The van der Waals surface area contributed by atoms with E-state index in [-0.39, 0.29) is 0 Å². The number of rotatable bonds is 1. The predicted molar refractivity (Wildman–Crippen MR) is 65.6 cm³/mol. The molecule has 4 heteroatoms. The molecule has 0 amide bonds. The van der Waals surface area contributed by atoms with Crippen LogP contribution < -0.4 is 5.73 Å². The third-order valence-electron chi connectivity index (χ3n) is 2.36. The van der Waals surface area contributed by atoms with E-state index in [1.54, 1.807) is 0 Å². The monoisotopic (exact) mass is 265 g/mol. The fourth-order valence-corrected chi connectivity index (χ4v) is 1.96. The lowest BCUT2D eigenvalue weighted by Gasteiger charge is -2.04. The molecule has 1 heterocycles. The first-order chi connectivity index (χ1) is 7.08. The minimum Gasteiger partial charge on any atom is -0.369 e. The van der Waals surface area contributed by atoms with Crippen LogP contribution in [0.3, 0.4) is 0 Å². The van der Waals surface area contributed by atoms with Gasteiger partial charge in [-0.2, -0.15) is 0 Å². The van der Waals surface area contributed by atoms with Crippen LogP contribution in [0.25, 0.3) is 11.3 Å². The lowest BCUT2D eigenvalue weighted by molar-refractivity contribution is 1.26. The molecule has 78 valence electrons. The lowest BCUT2D eigenvalue weighted by Crippen LogP contribution is -1.87. The van der Waals surface area contributed by atoms with Gasteiger partial charge in [-0.1, -0.05) is 22.0 Å². The van der Waals surface area contributed by atoms with Crippen LogP contribution in [-0.2, 0) is 0 Å². The number of hydrogen-bond donors (Lipinski definition) is 2. The molecule has 2 rings (SSSR count). The van der Waals surface area contributed by atoms with Crippen LogP contribution in [0.1, 0.15) is 11.3 Å². The molecule has 2 aromatic rings. The molecule has 3 nitrogen and oxygen atoms in total. The molecule has 15 heavy (non-hydrogen) atoms. The molecule has 0 radical (unpaired) electrons. The number of nitrogens with one attached hydrogen (secondary N) is 1. The van der Waals surface area contributed by atoms with Crippen molar-refractivity contribution in [3.8, 4) is 11.3 Å². The zero-order valence-electron chi connectivity index (χ0n) is 8.63. The van der Waals surface area contributed by atoms with E-state index < -0.39 is 0 Å². The van der Waals surface area contributed by atoms with Gasteiger partial charge in [-0.3, -0.25) is 0 Å². The van der Waals surface area contributed by atoms with Gasteiger partial charge in [0.05, 0.1) is 5.69 Å². The summed E-state index contributed by atoms with van der Waals surface area (Å²) in [5, 5.41) is 0. The number of aryl methyl sites for hydroxylation is 2. The lowest BCUT2D eigenvalue weighted by atomic mass is 10.1. The van der Waals surface area contributed by atoms with Crippen LogP contribution in [0.5, 0.6) is 0 Å². The molecular weight excluding hydrogens is 254 g/mol. The largest absolute Gasteiger partial charge is 0.369 e. The van der Waals surface area contributed by atoms with Crippen molar-refractivity contribution >= 4 is 21.9 Å². The second-order valence-electron chi connectivity index (χ2n) is 3.55. The van der Waals surface area contributed by atoms with E-state index in [0.717, 1.165) is 21.4 Å². The normalized spacial score (nSPS) is 10.6. The maximum atomic E-state index is 5.63. The van der Waals surface area contributed by atoms with Crippen molar-refractivity contribution in [1.29, 1.82) is 0 Å². The highest BCUT2D eigenvalue weighted by atomic mass is 79.9. The summed E-state index contributed by atoms with van der Waals surface area (Å²) in [6.07, 6.45) is 0. The number of anilines is 1. The van der Waals surface area contributed by atoms with Gasteiger partial charge in [0.2, 0.25) is 0 Å². The van der Waals surface area contributed by atoms with Gasteiger partial charge in [0, 0.05) is 15.7 Å². The summed E-state index contributed by atoms with van der Waals surface area (Å²) >= 11 is 3.46. The number of nitrogens with zero attached hydrogens (tertiary/aromatic N) is 1. The Labute approximate surface area is 96.9 Å². The highest BCUT2D eigenvalue weighted by Crippen LogP contribution is 2.28. The summed E-state index contributed by atoms with van der Waals surface area (Å²) in [6, 6.07) is 6.13. The van der Waals surface area contributed by atoms with E-state index in [2.05, 4.69) is 45.0 Å². The quantitative estimate of drug-likeness (QED) is 0.833. The number of benzene rings is 1. The van der Waals surface area contributed by atoms with Crippen molar-refractivity contribution in [3.63, 3.8) is 0 Å². The molecular formula is C11H12BrN3. The molecule has 0 unspecified atom stereocenters. The van der Waals surface area contributed by atoms with Gasteiger partial charge >= 0.3 is 0 Å². The first kappa shape index (κ1) is 10.2. The molecule has 0 fully saturated rings. The number of nitrogen functional groups attached to an aromatic ring is 1. The number of aromatic amines is 1. The third kappa shape index (κ3) is 1.90. The van der Waals surface area contributed by atoms with Crippen molar-refractivity contribution in [2.75, 3.05) is 5.73 Å². The third-order valence-corrected chi connectivity index (χ3v) is 2.85. The highest BCUT2D eigenvalue weighted by Gasteiger charge is 2.09. The Kier molecular flexibility index (Phi) is 2.52. The summed E-state index contributed by atoms with van der Waals surface area (Å²) in [5.74, 6) is 0.460. The van der Waals surface area contributed by atoms with E-state index in [1.807, 2.05) is 13.0 Å². The Morgan fingerprint density at radius 3 is 2.67 bits per heavy atom. The van der Waals surface area contributed by atoms with E-state index >= 15 is 0 Å². The van der Waals surface area contributed by atoms with Crippen molar-refractivity contribution in [1.82, 2.24) is 9.97 Å². The van der Waals surface area contributed by atoms with Gasteiger partial charge in [-0.15, -0.1) is 0 Å². The number of imidazole rings is 1. The smallest absolute Gasteiger partial charge is 0.198 e. The molecule has 0 atom stereocenters. The molecule has 0 spiro atoms. The van der Waals surface area contributed by atoms with Crippen LogP contribution in [0.15, 0.2) is 22.7 Å². The fourth-order valence-electron chi connectivity index (χ4n) is 1.60. The van der Waals surface area contributed by atoms with Crippen LogP contribution >= 0.6 is 15.9 Å². The fraction of sp³-hybridized carbons (Fsp3) is 0.182. The average Bonchev–Trinajstić information content (AvgIpc) is 2.50. The topological polar surface area (TPSA) is 54.7 Å². The standard InChI is InChI=1S/C11H12BrN3/c1-6-3-4-8(12)5-9(6)10-7(2)14-11(13)15-10/h3-5H,1-2H3,(H3,13,14,15). The number of hydrogen-bond acceptors (Lipinski definition) is 2. The molecule has 0 bridgehead atoms. The van der Waals surface area contributed by atoms with Crippen molar-refractivity contribution in [2.45, 2.75) is 13.8 Å². The second kappa shape index (κ2) is 3.70. The van der Waals surface area contributed by atoms with E-state index in [0.29, 0.717) is 5.95 Å².